The molecule has 0 spiro atoms. The van der Waals surface area contributed by atoms with Gasteiger partial charge in [0.05, 0.1) is 24.0 Å². The number of pyridine rings is 2. The van der Waals surface area contributed by atoms with Gasteiger partial charge in [-0.1, -0.05) is 18.2 Å². The number of hydrogen-bond acceptors (Lipinski definition) is 6. The maximum absolute atomic E-state index is 6.22. The van der Waals surface area contributed by atoms with Crippen molar-refractivity contribution in [2.45, 2.75) is 31.8 Å². The molecule has 1 aliphatic rings. The smallest absolute Gasteiger partial charge is 0.158 e. The summed E-state index contributed by atoms with van der Waals surface area (Å²) < 4.78 is 12.1. The van der Waals surface area contributed by atoms with Crippen molar-refractivity contribution in [1.29, 1.82) is 0 Å². The molecule has 1 unspecified atom stereocenters. The van der Waals surface area contributed by atoms with Gasteiger partial charge in [0, 0.05) is 36.1 Å². The molecule has 4 heterocycles. The molecule has 2 N–H and O–H groups in total. The van der Waals surface area contributed by atoms with E-state index in [4.69, 9.17) is 19.9 Å². The van der Waals surface area contributed by atoms with E-state index in [-0.39, 0.29) is 6.04 Å². The van der Waals surface area contributed by atoms with Crippen LogP contribution in [0, 0.1) is 0 Å². The minimum Gasteiger partial charge on any atom is -0.492 e. The van der Waals surface area contributed by atoms with Crippen molar-refractivity contribution in [2.24, 2.45) is 5.73 Å². The number of benzene rings is 1. The maximum atomic E-state index is 6.22. The molecule has 0 fully saturated rings. The summed E-state index contributed by atoms with van der Waals surface area (Å²) in [6.07, 6.45) is 6.66. The molecule has 0 radical (unpaired) electrons. The first-order valence-electron chi connectivity index (χ1n) is 10.6. The zero-order valence-corrected chi connectivity index (χ0v) is 17.0. The average Bonchev–Trinajstić information content (AvgIpc) is 3.18. The van der Waals surface area contributed by atoms with E-state index in [2.05, 4.69) is 16.0 Å². The van der Waals surface area contributed by atoms with E-state index >= 15 is 0 Å². The van der Waals surface area contributed by atoms with E-state index < -0.39 is 0 Å². The van der Waals surface area contributed by atoms with Crippen molar-refractivity contribution in [3.05, 3.63) is 66.2 Å². The number of nitrogens with zero attached hydrogens (tertiary/aromatic N) is 3. The average molecular weight is 402 g/mol. The second-order valence-corrected chi connectivity index (χ2v) is 7.74. The molecule has 1 aliphatic heterocycles. The van der Waals surface area contributed by atoms with Crippen LogP contribution in [0.4, 0.5) is 0 Å². The molecule has 1 atom stereocenters. The first kappa shape index (κ1) is 19.0. The lowest BCUT2D eigenvalue weighted by molar-refractivity contribution is 0.126. The zero-order chi connectivity index (χ0) is 20.3. The van der Waals surface area contributed by atoms with Crippen molar-refractivity contribution in [1.82, 2.24) is 14.9 Å². The normalized spacial score (nSPS) is 16.1. The molecule has 3 aromatic heterocycles. The lowest BCUT2D eigenvalue weighted by Crippen LogP contribution is -2.34. The van der Waals surface area contributed by atoms with E-state index in [0.717, 1.165) is 64.9 Å². The maximum Gasteiger partial charge on any atom is 0.158 e. The molecule has 30 heavy (non-hydrogen) atoms. The molecule has 0 saturated heterocycles. The van der Waals surface area contributed by atoms with Crippen LogP contribution in [-0.4, -0.2) is 34.6 Å². The summed E-state index contributed by atoms with van der Waals surface area (Å²) in [6, 6.07) is 14.3. The Balaban J connectivity index is 1.52. The third-order valence-electron chi connectivity index (χ3n) is 5.82. The van der Waals surface area contributed by atoms with Crippen LogP contribution in [-0.2, 0) is 6.54 Å². The fraction of sp³-hybridized carbons (Fsp3) is 0.333. The molecule has 0 bridgehead atoms. The Morgan fingerprint density at radius 3 is 2.87 bits per heavy atom. The van der Waals surface area contributed by atoms with Gasteiger partial charge in [-0.25, -0.2) is 0 Å². The Kier molecular flexibility index (Phi) is 5.34. The molecule has 0 saturated carbocycles. The number of furan rings is 1. The highest BCUT2D eigenvalue weighted by molar-refractivity contribution is 6.05. The summed E-state index contributed by atoms with van der Waals surface area (Å²) in [5, 5.41) is 2.24. The highest BCUT2D eigenvalue weighted by Gasteiger charge is 2.29. The topological polar surface area (TPSA) is 77.4 Å². The Morgan fingerprint density at radius 1 is 1.00 bits per heavy atom. The number of rotatable bonds is 7. The number of unbranched alkanes of at least 4 members (excludes halogenated alkanes) is 1. The van der Waals surface area contributed by atoms with Crippen LogP contribution >= 0.6 is 0 Å². The quantitative estimate of drug-likeness (QED) is 0.461. The van der Waals surface area contributed by atoms with Gasteiger partial charge in [-0.3, -0.25) is 14.9 Å². The monoisotopic (exact) mass is 402 g/mol. The third kappa shape index (κ3) is 3.53. The van der Waals surface area contributed by atoms with Crippen molar-refractivity contribution in [3.63, 3.8) is 0 Å². The number of aromatic nitrogens is 2. The fourth-order valence-corrected chi connectivity index (χ4v) is 4.36. The SMILES string of the molecule is NCCCCN(Cc1nccc2c1oc1ccccc12)C1CCOc2cccnc21. The van der Waals surface area contributed by atoms with Gasteiger partial charge >= 0.3 is 0 Å². The highest BCUT2D eigenvalue weighted by Crippen LogP contribution is 2.36. The summed E-state index contributed by atoms with van der Waals surface area (Å²) in [6.45, 7) is 3.02. The standard InChI is InChI=1S/C24H26N4O2/c25-11-3-4-14-28(20-10-15-29-22-8-5-12-27-23(20)22)16-19-24-18(9-13-26-19)17-6-1-2-7-21(17)30-24/h1-2,5-9,12-13,20H,3-4,10-11,14-16,25H2. The van der Waals surface area contributed by atoms with Crippen LogP contribution in [0.25, 0.3) is 21.9 Å². The van der Waals surface area contributed by atoms with Gasteiger partial charge in [-0.2, -0.15) is 0 Å². The molecule has 4 aromatic rings. The van der Waals surface area contributed by atoms with Crippen molar-refractivity contribution < 1.29 is 9.15 Å². The van der Waals surface area contributed by atoms with Crippen LogP contribution < -0.4 is 10.5 Å². The Morgan fingerprint density at radius 2 is 1.93 bits per heavy atom. The minimum absolute atomic E-state index is 0.189. The lowest BCUT2D eigenvalue weighted by atomic mass is 10.0. The first-order valence-corrected chi connectivity index (χ1v) is 10.6. The van der Waals surface area contributed by atoms with E-state index in [9.17, 15) is 0 Å². The number of para-hydroxylation sites is 1. The van der Waals surface area contributed by atoms with E-state index in [1.54, 1.807) is 0 Å². The summed E-state index contributed by atoms with van der Waals surface area (Å²) in [5.41, 5.74) is 9.50. The molecule has 154 valence electrons. The van der Waals surface area contributed by atoms with Gasteiger partial charge in [0.15, 0.2) is 5.58 Å². The summed E-state index contributed by atoms with van der Waals surface area (Å²) in [7, 11) is 0. The molecule has 0 aliphatic carbocycles. The van der Waals surface area contributed by atoms with Crippen LogP contribution in [0.3, 0.4) is 0 Å². The van der Waals surface area contributed by atoms with Crippen molar-refractivity contribution in [3.8, 4) is 5.75 Å². The van der Waals surface area contributed by atoms with Gasteiger partial charge < -0.3 is 14.9 Å². The molecular formula is C24H26N4O2. The molecule has 5 rings (SSSR count). The fourth-order valence-electron chi connectivity index (χ4n) is 4.36. The number of fused-ring (bicyclic) bond motifs is 4. The molecular weight excluding hydrogens is 376 g/mol. The second kappa shape index (κ2) is 8.42. The number of hydrogen-bond donors (Lipinski definition) is 1. The van der Waals surface area contributed by atoms with Crippen molar-refractivity contribution in [2.75, 3.05) is 19.7 Å². The van der Waals surface area contributed by atoms with Crippen molar-refractivity contribution >= 4 is 21.9 Å². The van der Waals surface area contributed by atoms with Crippen LogP contribution in [0.5, 0.6) is 5.75 Å². The Labute approximate surface area is 175 Å². The third-order valence-corrected chi connectivity index (χ3v) is 5.82. The van der Waals surface area contributed by atoms with E-state index in [1.165, 1.54) is 0 Å². The highest BCUT2D eigenvalue weighted by atomic mass is 16.5. The van der Waals surface area contributed by atoms with Gasteiger partial charge in [0.2, 0.25) is 0 Å². The number of ether oxygens (including phenoxy) is 1. The largest absolute Gasteiger partial charge is 0.492 e. The first-order chi connectivity index (χ1) is 14.8. The molecule has 0 amide bonds. The number of nitrogens with two attached hydrogens (primary N) is 1. The van der Waals surface area contributed by atoms with Crippen LogP contribution in [0.15, 0.2) is 59.3 Å². The summed E-state index contributed by atoms with van der Waals surface area (Å²) >= 11 is 0. The second-order valence-electron chi connectivity index (χ2n) is 7.74. The van der Waals surface area contributed by atoms with E-state index in [1.807, 2.05) is 48.8 Å². The van der Waals surface area contributed by atoms with Gasteiger partial charge in [0.1, 0.15) is 11.3 Å². The predicted molar refractivity (Wildman–Crippen MR) is 117 cm³/mol. The van der Waals surface area contributed by atoms with E-state index in [0.29, 0.717) is 19.7 Å². The lowest BCUT2D eigenvalue weighted by Gasteiger charge is -2.34. The van der Waals surface area contributed by atoms with Gasteiger partial charge in [-0.15, -0.1) is 0 Å². The van der Waals surface area contributed by atoms with Crippen LogP contribution in [0.2, 0.25) is 0 Å². The Bertz CT molecular complexity index is 1160. The predicted octanol–water partition coefficient (Wildman–Crippen LogP) is 4.44. The molecule has 6 heteroatoms. The minimum atomic E-state index is 0.189. The summed E-state index contributed by atoms with van der Waals surface area (Å²) in [5.74, 6) is 0.882. The molecule has 6 nitrogen and oxygen atoms in total. The van der Waals surface area contributed by atoms with Gasteiger partial charge in [-0.05, 0) is 50.2 Å². The summed E-state index contributed by atoms with van der Waals surface area (Å²) in [4.78, 5) is 11.8. The molecule has 1 aromatic carbocycles. The van der Waals surface area contributed by atoms with Crippen LogP contribution in [0.1, 0.15) is 36.7 Å². The Hall–Kier alpha value is -2.96. The zero-order valence-electron chi connectivity index (χ0n) is 17.0. The van der Waals surface area contributed by atoms with Gasteiger partial charge in [0.25, 0.3) is 0 Å².